The van der Waals surface area contributed by atoms with Gasteiger partial charge in [-0.25, -0.2) is 5.14 Å². The van der Waals surface area contributed by atoms with Gasteiger partial charge in [0.2, 0.25) is 0 Å². The highest BCUT2D eigenvalue weighted by atomic mass is 32.2. The van der Waals surface area contributed by atoms with Crippen LogP contribution in [0.15, 0.2) is 24.4 Å². The molecule has 66 valence electrons. The molecule has 1 rings (SSSR count). The third-order valence-corrected chi connectivity index (χ3v) is 1.73. The van der Waals surface area contributed by atoms with Crippen molar-refractivity contribution in [3.63, 3.8) is 0 Å². The normalized spacial score (nSPS) is 11.4. The fraction of sp³-hybridized carbons (Fsp3) is 0.167. The Bertz CT molecular complexity index is 335. The van der Waals surface area contributed by atoms with Crippen LogP contribution in [0.3, 0.4) is 0 Å². The molecule has 0 aromatic carbocycles. The zero-order chi connectivity index (χ0) is 9.03. The lowest BCUT2D eigenvalue weighted by Crippen LogP contribution is -2.30. The molecule has 1 aromatic rings. The third-order valence-electron chi connectivity index (χ3n) is 1.18. The van der Waals surface area contributed by atoms with Gasteiger partial charge in [0, 0.05) is 6.20 Å². The number of nitrogens with two attached hydrogens (primary N) is 1. The predicted molar refractivity (Wildman–Crippen MR) is 44.2 cm³/mol. The van der Waals surface area contributed by atoms with E-state index in [2.05, 4.69) is 9.71 Å². The first-order valence-electron chi connectivity index (χ1n) is 3.25. The van der Waals surface area contributed by atoms with Crippen LogP contribution in [0.5, 0.6) is 0 Å². The fourth-order valence-electron chi connectivity index (χ4n) is 0.677. The van der Waals surface area contributed by atoms with Crippen LogP contribution in [0.25, 0.3) is 0 Å². The second-order valence-corrected chi connectivity index (χ2v) is 3.57. The van der Waals surface area contributed by atoms with Gasteiger partial charge in [-0.1, -0.05) is 6.07 Å². The lowest BCUT2D eigenvalue weighted by Gasteiger charge is -1.99. The summed E-state index contributed by atoms with van der Waals surface area (Å²) in [6, 6.07) is 5.23. The van der Waals surface area contributed by atoms with Crippen molar-refractivity contribution in [3.8, 4) is 0 Å². The Kier molecular flexibility index (Phi) is 2.74. The summed E-state index contributed by atoms with van der Waals surface area (Å²) in [4.78, 5) is 3.90. The van der Waals surface area contributed by atoms with Crippen LogP contribution in [0, 0.1) is 0 Å². The largest absolute Gasteiger partial charge is 0.274 e. The van der Waals surface area contributed by atoms with Crippen molar-refractivity contribution in [2.24, 2.45) is 5.14 Å². The molecular formula is C6H9N3O2S. The van der Waals surface area contributed by atoms with E-state index in [0.29, 0.717) is 5.69 Å². The van der Waals surface area contributed by atoms with Gasteiger partial charge in [-0.05, 0) is 12.1 Å². The van der Waals surface area contributed by atoms with Gasteiger partial charge >= 0.3 is 0 Å². The van der Waals surface area contributed by atoms with Crippen LogP contribution < -0.4 is 9.86 Å². The van der Waals surface area contributed by atoms with Crippen LogP contribution in [0.2, 0.25) is 0 Å². The molecule has 0 unspecified atom stereocenters. The van der Waals surface area contributed by atoms with Crippen LogP contribution in [0.4, 0.5) is 0 Å². The molecule has 0 bridgehead atoms. The Hall–Kier alpha value is -0.980. The SMILES string of the molecule is NS(=O)(=O)NCc1ccccn1. The number of hydrogen-bond donors (Lipinski definition) is 2. The molecule has 0 aliphatic rings. The maximum atomic E-state index is 10.4. The van der Waals surface area contributed by atoms with Gasteiger partial charge in [0.25, 0.3) is 10.2 Å². The molecule has 0 fully saturated rings. The van der Waals surface area contributed by atoms with E-state index in [0.717, 1.165) is 0 Å². The number of rotatable bonds is 3. The summed E-state index contributed by atoms with van der Waals surface area (Å²) < 4.78 is 23.0. The maximum Gasteiger partial charge on any atom is 0.274 e. The lowest BCUT2D eigenvalue weighted by molar-refractivity contribution is 0.582. The van der Waals surface area contributed by atoms with E-state index in [1.54, 1.807) is 24.4 Å². The molecule has 1 aromatic heterocycles. The minimum Gasteiger partial charge on any atom is -0.260 e. The molecular weight excluding hydrogens is 178 g/mol. The first kappa shape index (κ1) is 9.11. The molecule has 0 aliphatic heterocycles. The van der Waals surface area contributed by atoms with E-state index in [1.807, 2.05) is 0 Å². The second-order valence-electron chi connectivity index (χ2n) is 2.19. The van der Waals surface area contributed by atoms with Crippen molar-refractivity contribution in [1.29, 1.82) is 0 Å². The Morgan fingerprint density at radius 3 is 2.75 bits per heavy atom. The highest BCUT2D eigenvalue weighted by Crippen LogP contribution is 1.91. The monoisotopic (exact) mass is 187 g/mol. The zero-order valence-corrected chi connectivity index (χ0v) is 7.08. The number of hydrogen-bond acceptors (Lipinski definition) is 3. The van der Waals surface area contributed by atoms with Crippen molar-refractivity contribution < 1.29 is 8.42 Å². The Labute approximate surface area is 70.8 Å². The number of nitrogens with one attached hydrogen (secondary N) is 1. The van der Waals surface area contributed by atoms with Crippen LogP contribution in [-0.4, -0.2) is 13.4 Å². The molecule has 0 atom stereocenters. The standard InChI is InChI=1S/C6H9N3O2S/c7-12(10,11)9-5-6-3-1-2-4-8-6/h1-4,9H,5H2,(H2,7,10,11). The Balaban J connectivity index is 2.56. The molecule has 6 heteroatoms. The first-order valence-corrected chi connectivity index (χ1v) is 4.80. The quantitative estimate of drug-likeness (QED) is 0.661. The van der Waals surface area contributed by atoms with Crippen molar-refractivity contribution in [2.75, 3.05) is 0 Å². The van der Waals surface area contributed by atoms with Gasteiger partial charge < -0.3 is 0 Å². The van der Waals surface area contributed by atoms with Crippen LogP contribution in [-0.2, 0) is 16.8 Å². The second kappa shape index (κ2) is 3.61. The molecule has 0 radical (unpaired) electrons. The maximum absolute atomic E-state index is 10.4. The van der Waals surface area contributed by atoms with Gasteiger partial charge in [0.05, 0.1) is 12.2 Å². The van der Waals surface area contributed by atoms with E-state index in [1.165, 1.54) is 0 Å². The average molecular weight is 187 g/mol. The molecule has 1 heterocycles. The predicted octanol–water partition coefficient (Wildman–Crippen LogP) is -0.625. The highest BCUT2D eigenvalue weighted by Gasteiger charge is 2.00. The molecule has 0 amide bonds. The summed E-state index contributed by atoms with van der Waals surface area (Å²) in [5, 5.41) is 4.72. The van der Waals surface area contributed by atoms with Gasteiger partial charge in [0.15, 0.2) is 0 Å². The molecule has 12 heavy (non-hydrogen) atoms. The highest BCUT2D eigenvalue weighted by molar-refractivity contribution is 7.87. The molecule has 0 saturated heterocycles. The zero-order valence-electron chi connectivity index (χ0n) is 6.27. The minimum absolute atomic E-state index is 0.125. The number of pyridine rings is 1. The molecule has 0 saturated carbocycles. The van der Waals surface area contributed by atoms with Crippen LogP contribution >= 0.6 is 0 Å². The van der Waals surface area contributed by atoms with Crippen molar-refractivity contribution in [3.05, 3.63) is 30.1 Å². The third kappa shape index (κ3) is 3.42. The summed E-state index contributed by atoms with van der Waals surface area (Å²) in [6.07, 6.45) is 1.58. The minimum atomic E-state index is -3.61. The number of nitrogens with zero attached hydrogens (tertiary/aromatic N) is 1. The van der Waals surface area contributed by atoms with Gasteiger partial charge in [-0.15, -0.1) is 0 Å². The summed E-state index contributed by atoms with van der Waals surface area (Å²) in [7, 11) is -3.61. The summed E-state index contributed by atoms with van der Waals surface area (Å²) >= 11 is 0. The van der Waals surface area contributed by atoms with Gasteiger partial charge in [0.1, 0.15) is 0 Å². The fourth-order valence-corrected chi connectivity index (χ4v) is 1.03. The Morgan fingerprint density at radius 2 is 2.25 bits per heavy atom. The molecule has 0 aliphatic carbocycles. The molecule has 0 spiro atoms. The van der Waals surface area contributed by atoms with Crippen molar-refractivity contribution >= 4 is 10.2 Å². The van der Waals surface area contributed by atoms with Gasteiger partial charge in [-0.3, -0.25) is 4.98 Å². The molecule has 5 nitrogen and oxygen atoms in total. The topological polar surface area (TPSA) is 85.1 Å². The van der Waals surface area contributed by atoms with E-state index < -0.39 is 10.2 Å². The smallest absolute Gasteiger partial charge is 0.260 e. The number of aromatic nitrogens is 1. The van der Waals surface area contributed by atoms with E-state index >= 15 is 0 Å². The summed E-state index contributed by atoms with van der Waals surface area (Å²) in [5.74, 6) is 0. The van der Waals surface area contributed by atoms with E-state index in [4.69, 9.17) is 5.14 Å². The summed E-state index contributed by atoms with van der Waals surface area (Å²) in [5.41, 5.74) is 0.631. The first-order chi connectivity index (χ1) is 5.58. The summed E-state index contributed by atoms with van der Waals surface area (Å²) in [6.45, 7) is 0.125. The molecule has 3 N–H and O–H groups in total. The van der Waals surface area contributed by atoms with Crippen molar-refractivity contribution in [2.45, 2.75) is 6.54 Å². The van der Waals surface area contributed by atoms with Gasteiger partial charge in [-0.2, -0.15) is 13.1 Å². The Morgan fingerprint density at radius 1 is 1.50 bits per heavy atom. The van der Waals surface area contributed by atoms with E-state index in [-0.39, 0.29) is 6.54 Å². The van der Waals surface area contributed by atoms with Crippen molar-refractivity contribution in [1.82, 2.24) is 9.71 Å². The lowest BCUT2D eigenvalue weighted by atomic mass is 10.4. The van der Waals surface area contributed by atoms with E-state index in [9.17, 15) is 8.42 Å². The average Bonchev–Trinajstić information content (AvgIpc) is 2.02. The van der Waals surface area contributed by atoms with Crippen LogP contribution in [0.1, 0.15) is 5.69 Å².